The van der Waals surface area contributed by atoms with Gasteiger partial charge in [0.15, 0.2) is 0 Å². The Balaban J connectivity index is 2.02. The van der Waals surface area contributed by atoms with Crippen molar-refractivity contribution < 1.29 is 8.63 Å². The van der Waals surface area contributed by atoms with Gasteiger partial charge in [-0.2, -0.15) is 0 Å². The van der Waals surface area contributed by atoms with Crippen molar-refractivity contribution in [3.05, 3.63) is 113 Å². The second-order valence-electron chi connectivity index (χ2n) is 7.46. The summed E-state index contributed by atoms with van der Waals surface area (Å²) in [5.74, 6) is -0.0126. The molecule has 32 heavy (non-hydrogen) atoms. The zero-order valence-corrected chi connectivity index (χ0v) is 17.9. The molecule has 0 N–H and O–H groups in total. The van der Waals surface area contributed by atoms with Crippen LogP contribution in [0.4, 0.5) is 8.63 Å². The Labute approximate surface area is 186 Å². The zero-order chi connectivity index (χ0) is 22.5. The molecule has 0 saturated heterocycles. The van der Waals surface area contributed by atoms with E-state index in [-0.39, 0.29) is 5.84 Å². The average Bonchev–Trinajstić information content (AvgIpc) is 2.80. The predicted octanol–water partition coefficient (Wildman–Crippen LogP) is 5.95. The molecule has 0 saturated carbocycles. The molecule has 0 bridgehead atoms. The van der Waals surface area contributed by atoms with Gasteiger partial charge in [0.2, 0.25) is 0 Å². The molecule has 0 unspecified atom stereocenters. The lowest BCUT2D eigenvalue weighted by atomic mass is 9.99. The number of hydrogen-bond donors (Lipinski definition) is 0. The maximum Gasteiger partial charge on any atom is 0.694 e. The number of hydrogen-bond acceptors (Lipinski definition) is 1. The topological polar surface area (TPSA) is 29.6 Å². The molecule has 3 nitrogen and oxygen atoms in total. The number of nitrogens with zero attached hydrogens (tertiary/aromatic N) is 3. The third-order valence-corrected chi connectivity index (χ3v) is 5.26. The van der Waals surface area contributed by atoms with E-state index in [9.17, 15) is 8.63 Å². The van der Waals surface area contributed by atoms with Crippen molar-refractivity contribution in [2.24, 2.45) is 16.9 Å². The van der Waals surface area contributed by atoms with Crippen LogP contribution in [0.5, 0.6) is 0 Å². The minimum absolute atomic E-state index is 0.0126. The van der Waals surface area contributed by atoms with E-state index in [1.807, 2.05) is 116 Å². The highest BCUT2D eigenvalue weighted by atomic mass is 19.2. The fourth-order valence-corrected chi connectivity index (χ4v) is 3.59. The van der Waals surface area contributed by atoms with Crippen LogP contribution in [0, 0.1) is 6.92 Å². The highest BCUT2D eigenvalue weighted by Crippen LogP contribution is 2.23. The fourth-order valence-electron chi connectivity index (χ4n) is 3.59. The molecule has 6 heteroatoms. The Morgan fingerprint density at radius 1 is 0.875 bits per heavy atom. The Hall–Kier alpha value is -3.80. The molecule has 3 aromatic carbocycles. The van der Waals surface area contributed by atoms with E-state index >= 15 is 0 Å². The zero-order valence-electron chi connectivity index (χ0n) is 17.9. The van der Waals surface area contributed by atoms with Crippen LogP contribution >= 0.6 is 0 Å². The van der Waals surface area contributed by atoms with Gasteiger partial charge in [-0.15, -0.1) is 0 Å². The molecular weight excluding hydrogens is 403 g/mol. The van der Waals surface area contributed by atoms with Gasteiger partial charge >= 0.3 is 7.40 Å². The van der Waals surface area contributed by atoms with E-state index in [4.69, 9.17) is 4.99 Å². The lowest BCUT2D eigenvalue weighted by Gasteiger charge is -2.11. The number of amidine groups is 1. The van der Waals surface area contributed by atoms with Gasteiger partial charge in [0, 0.05) is 24.2 Å². The molecule has 0 amide bonds. The highest BCUT2D eigenvalue weighted by Gasteiger charge is 2.18. The normalized spacial score (nSPS) is 12.9. The van der Waals surface area contributed by atoms with Crippen LogP contribution in [0.25, 0.3) is 22.4 Å². The summed E-state index contributed by atoms with van der Waals surface area (Å²) < 4.78 is 29.0. The first-order valence-electron chi connectivity index (χ1n) is 10.3. The Morgan fingerprint density at radius 3 is 2.31 bits per heavy atom. The fraction of sp³-hybridized carbons (Fsp3) is 0.0769. The van der Waals surface area contributed by atoms with Crippen molar-refractivity contribution in [2.75, 3.05) is 0 Å². The van der Waals surface area contributed by atoms with Crippen LogP contribution in [0.1, 0.15) is 16.7 Å². The van der Waals surface area contributed by atoms with Crippen molar-refractivity contribution in [1.29, 1.82) is 0 Å². The van der Waals surface area contributed by atoms with Crippen molar-refractivity contribution >= 4 is 35.7 Å². The van der Waals surface area contributed by atoms with Gasteiger partial charge in [-0.1, -0.05) is 78.9 Å². The molecule has 158 valence electrons. The summed E-state index contributed by atoms with van der Waals surface area (Å²) in [4.78, 5) is 8.35. The van der Waals surface area contributed by atoms with Crippen molar-refractivity contribution in [2.45, 2.75) is 6.92 Å². The SMILES string of the molecule is Cc1ccccc1/C=C(\C(=NB(F)F)N=c1c2ccccc2ccn1C)c1ccccc1. The van der Waals surface area contributed by atoms with Crippen molar-refractivity contribution in [3.8, 4) is 0 Å². The summed E-state index contributed by atoms with van der Waals surface area (Å²) >= 11 is 0. The summed E-state index contributed by atoms with van der Waals surface area (Å²) in [5.41, 5.74) is 3.82. The van der Waals surface area contributed by atoms with E-state index in [0.29, 0.717) is 11.1 Å². The van der Waals surface area contributed by atoms with Crippen LogP contribution in [0.15, 0.2) is 101 Å². The smallest absolute Gasteiger partial charge is 0.335 e. The third-order valence-electron chi connectivity index (χ3n) is 5.26. The quantitative estimate of drug-likeness (QED) is 0.167. The summed E-state index contributed by atoms with van der Waals surface area (Å²) in [6.07, 6.45) is 3.74. The minimum atomic E-state index is -2.89. The van der Waals surface area contributed by atoms with Gasteiger partial charge in [0.1, 0.15) is 11.3 Å². The molecule has 4 aromatic rings. The molecule has 0 aliphatic carbocycles. The van der Waals surface area contributed by atoms with Gasteiger partial charge in [0.05, 0.1) is 0 Å². The van der Waals surface area contributed by atoms with E-state index in [2.05, 4.69) is 4.90 Å². The number of aromatic nitrogens is 1. The number of halogens is 2. The molecular formula is C26H22BF2N3. The molecule has 0 atom stereocenters. The largest absolute Gasteiger partial charge is 0.694 e. The molecule has 1 aromatic heterocycles. The number of rotatable bonds is 4. The monoisotopic (exact) mass is 425 g/mol. The molecule has 0 fully saturated rings. The summed E-state index contributed by atoms with van der Waals surface area (Å²) in [7, 11) is -1.04. The average molecular weight is 425 g/mol. The molecule has 0 spiro atoms. The van der Waals surface area contributed by atoms with E-state index in [1.165, 1.54) is 0 Å². The minimum Gasteiger partial charge on any atom is -0.335 e. The maximum atomic E-state index is 13.6. The Kier molecular flexibility index (Phi) is 6.40. The standard InChI is InChI=1S/C26H22BF2N3/c1-19-10-6-7-14-22(19)18-24(20-11-4-3-5-12-20)25(31-27(28)29)30-26-23-15-9-8-13-21(23)16-17-32(26)2/h3-18H,1-2H3/b24-18-,30-26?,31-25?. The first-order chi connectivity index (χ1) is 15.5. The van der Waals surface area contributed by atoms with Crippen LogP contribution in [-0.2, 0) is 7.05 Å². The van der Waals surface area contributed by atoms with Crippen LogP contribution in [0.3, 0.4) is 0 Å². The molecule has 1 heterocycles. The summed E-state index contributed by atoms with van der Waals surface area (Å²) in [6, 6.07) is 26.9. The highest BCUT2D eigenvalue weighted by molar-refractivity contribution is 6.46. The van der Waals surface area contributed by atoms with Crippen LogP contribution in [-0.4, -0.2) is 17.8 Å². The Morgan fingerprint density at radius 2 is 1.56 bits per heavy atom. The van der Waals surface area contributed by atoms with Gasteiger partial charge in [-0.05, 0) is 41.1 Å². The number of pyridine rings is 1. The molecule has 0 aliphatic heterocycles. The summed E-state index contributed by atoms with van der Waals surface area (Å²) in [6.45, 7) is 1.99. The lowest BCUT2D eigenvalue weighted by molar-refractivity contribution is 0.662. The third kappa shape index (κ3) is 4.75. The second-order valence-corrected chi connectivity index (χ2v) is 7.46. The number of aryl methyl sites for hydroxylation is 2. The maximum absolute atomic E-state index is 13.6. The van der Waals surface area contributed by atoms with Crippen molar-refractivity contribution in [1.82, 2.24) is 4.57 Å². The van der Waals surface area contributed by atoms with Gasteiger partial charge in [-0.3, -0.25) is 13.5 Å². The second kappa shape index (κ2) is 9.56. The van der Waals surface area contributed by atoms with Crippen LogP contribution < -0.4 is 5.49 Å². The number of benzene rings is 3. The number of fused-ring (bicyclic) bond motifs is 1. The van der Waals surface area contributed by atoms with E-state index in [0.717, 1.165) is 27.5 Å². The van der Waals surface area contributed by atoms with E-state index in [1.54, 1.807) is 0 Å². The summed E-state index contributed by atoms with van der Waals surface area (Å²) in [5, 5.41) is 1.84. The van der Waals surface area contributed by atoms with Gasteiger partial charge < -0.3 is 4.57 Å². The van der Waals surface area contributed by atoms with Crippen LogP contribution in [0.2, 0.25) is 0 Å². The molecule has 4 rings (SSSR count). The van der Waals surface area contributed by atoms with Gasteiger partial charge in [-0.25, -0.2) is 4.99 Å². The van der Waals surface area contributed by atoms with Gasteiger partial charge in [0.25, 0.3) is 0 Å². The Bertz CT molecular complexity index is 1370. The molecule has 0 aliphatic rings. The molecule has 0 radical (unpaired) electrons. The predicted molar refractivity (Wildman–Crippen MR) is 129 cm³/mol. The van der Waals surface area contributed by atoms with Crippen molar-refractivity contribution in [3.63, 3.8) is 0 Å². The lowest BCUT2D eigenvalue weighted by Crippen LogP contribution is -2.21. The van der Waals surface area contributed by atoms with E-state index < -0.39 is 7.40 Å². The first-order valence-corrected chi connectivity index (χ1v) is 10.3. The first kappa shape index (κ1) is 21.4.